The monoisotopic (exact) mass is 558 g/mol. The lowest BCUT2D eigenvalue weighted by Gasteiger charge is -2.73. The molecule has 2 heteroatoms. The van der Waals surface area contributed by atoms with E-state index in [0.29, 0.717) is 57.5 Å². The van der Waals surface area contributed by atoms with Crippen LogP contribution >= 0.6 is 0 Å². The summed E-state index contributed by atoms with van der Waals surface area (Å²) >= 11 is 0. The van der Waals surface area contributed by atoms with Gasteiger partial charge in [-0.1, -0.05) is 72.7 Å². The van der Waals surface area contributed by atoms with Crippen LogP contribution in [0, 0.1) is 62.6 Å². The zero-order valence-corrected chi connectivity index (χ0v) is 27.7. The van der Waals surface area contributed by atoms with Crippen molar-refractivity contribution in [1.82, 2.24) is 0 Å². The molecule has 5 aliphatic carbocycles. The molecule has 10 atom stereocenters. The minimum atomic E-state index is -0.0403. The molecule has 0 bridgehead atoms. The highest BCUT2D eigenvalue weighted by atomic mass is 16.1. The van der Waals surface area contributed by atoms with Gasteiger partial charge in [0.2, 0.25) is 0 Å². The first-order valence-corrected chi connectivity index (χ1v) is 17.3. The fourth-order valence-corrected chi connectivity index (χ4v) is 13.5. The molecule has 1 aromatic rings. The van der Waals surface area contributed by atoms with Crippen LogP contribution in [0.4, 0.5) is 0 Å². The highest BCUT2D eigenvalue weighted by Crippen LogP contribution is 2.78. The number of carbonyl (C=O) groups excluding carboxylic acids is 2. The Morgan fingerprint density at radius 2 is 1.41 bits per heavy atom. The molecule has 226 valence electrons. The van der Waals surface area contributed by atoms with Gasteiger partial charge in [-0.15, -0.1) is 0 Å². The van der Waals surface area contributed by atoms with Gasteiger partial charge in [0.05, 0.1) is 0 Å². The zero-order chi connectivity index (χ0) is 29.8. The predicted molar refractivity (Wildman–Crippen MR) is 169 cm³/mol. The normalized spacial score (nSPS) is 46.7. The van der Waals surface area contributed by atoms with Crippen molar-refractivity contribution in [2.24, 2.45) is 62.6 Å². The lowest BCUT2D eigenvalue weighted by molar-refractivity contribution is -0.239. The first-order valence-electron chi connectivity index (χ1n) is 17.3. The van der Waals surface area contributed by atoms with Gasteiger partial charge in [-0.25, -0.2) is 0 Å². The summed E-state index contributed by atoms with van der Waals surface area (Å²) in [5.74, 6) is 5.35. The van der Waals surface area contributed by atoms with Gasteiger partial charge in [0.1, 0.15) is 5.78 Å². The van der Waals surface area contributed by atoms with E-state index in [1.165, 1.54) is 56.9 Å². The Hall–Kier alpha value is -1.44. The highest BCUT2D eigenvalue weighted by Gasteiger charge is 2.71. The molecule has 0 heterocycles. The second kappa shape index (κ2) is 9.53. The molecule has 0 saturated heterocycles. The SMILES string of the molecule is CC(=O)c1ccc([C@H]2CC[C@]3(C)[C@H]4CCC5[C@H]6[C@H](C(C)C)CC[C@]6(C(C)=O)CC[C@@]5(C)[C@]4(C)CC[C@H]3C2(C)C)cc1. The third kappa shape index (κ3) is 3.86. The van der Waals surface area contributed by atoms with E-state index in [-0.39, 0.29) is 16.6 Å². The van der Waals surface area contributed by atoms with E-state index >= 15 is 0 Å². The van der Waals surface area contributed by atoms with E-state index in [1.807, 2.05) is 6.92 Å². The quantitative estimate of drug-likeness (QED) is 0.344. The molecular formula is C39H58O2. The summed E-state index contributed by atoms with van der Waals surface area (Å²) in [5.41, 5.74) is 3.49. The largest absolute Gasteiger partial charge is 0.299 e. The maximum absolute atomic E-state index is 13.4. The van der Waals surface area contributed by atoms with Crippen LogP contribution in [0.3, 0.4) is 0 Å². The van der Waals surface area contributed by atoms with E-state index in [2.05, 4.69) is 72.7 Å². The standard InChI is InChI=1S/C39H58O2/c1-24(2)29-16-21-39(26(4)41)23-22-37(8)31(34(29)39)14-15-33-36(7)19-17-30(28-12-10-27(11-13-28)25(3)40)35(5,6)32(36)18-20-38(33,37)9/h10-13,24,29-34H,14-23H2,1-9H3/t29-,30+,31?,32-,33+,34+,36-,37+,38+,39+/m0/s1. The van der Waals surface area contributed by atoms with Crippen molar-refractivity contribution in [3.05, 3.63) is 35.4 Å². The van der Waals surface area contributed by atoms with E-state index in [1.54, 1.807) is 6.92 Å². The molecule has 41 heavy (non-hydrogen) atoms. The summed E-state index contributed by atoms with van der Waals surface area (Å²) in [5, 5.41) is 0. The lowest BCUT2D eigenvalue weighted by atomic mass is 9.31. The molecule has 1 unspecified atom stereocenters. The number of rotatable bonds is 4. The van der Waals surface area contributed by atoms with Gasteiger partial charge in [-0.3, -0.25) is 9.59 Å². The number of ketones is 2. The van der Waals surface area contributed by atoms with Crippen LogP contribution in [0.15, 0.2) is 24.3 Å². The Balaban J connectivity index is 1.33. The molecule has 0 amide bonds. The second-order valence-corrected chi connectivity index (χ2v) is 17.4. The molecule has 5 fully saturated rings. The molecule has 0 spiro atoms. The number of Topliss-reactive ketones (excluding diaryl/α,β-unsaturated/α-hetero) is 2. The van der Waals surface area contributed by atoms with Crippen LogP contribution in [-0.4, -0.2) is 11.6 Å². The fourth-order valence-electron chi connectivity index (χ4n) is 13.5. The Kier molecular flexibility index (Phi) is 6.88. The average molecular weight is 559 g/mol. The lowest BCUT2D eigenvalue weighted by Crippen LogP contribution is -2.66. The molecule has 2 nitrogen and oxygen atoms in total. The van der Waals surface area contributed by atoms with E-state index in [4.69, 9.17) is 0 Å². The number of carbonyl (C=O) groups is 2. The molecule has 0 aromatic heterocycles. The van der Waals surface area contributed by atoms with Crippen molar-refractivity contribution in [1.29, 1.82) is 0 Å². The van der Waals surface area contributed by atoms with Gasteiger partial charge >= 0.3 is 0 Å². The number of hydrogen-bond donors (Lipinski definition) is 0. The van der Waals surface area contributed by atoms with Crippen molar-refractivity contribution in [2.45, 2.75) is 132 Å². The zero-order valence-electron chi connectivity index (χ0n) is 27.7. The van der Waals surface area contributed by atoms with E-state index < -0.39 is 0 Å². The topological polar surface area (TPSA) is 34.1 Å². The predicted octanol–water partition coefficient (Wildman–Crippen LogP) is 10.3. The summed E-state index contributed by atoms with van der Waals surface area (Å²) in [6.45, 7) is 21.8. The van der Waals surface area contributed by atoms with Crippen molar-refractivity contribution < 1.29 is 9.59 Å². The average Bonchev–Trinajstić information content (AvgIpc) is 3.30. The van der Waals surface area contributed by atoms with Gasteiger partial charge in [-0.05, 0) is 147 Å². The molecule has 5 aliphatic rings. The minimum Gasteiger partial charge on any atom is -0.299 e. The Morgan fingerprint density at radius 1 is 0.732 bits per heavy atom. The Morgan fingerprint density at radius 3 is 2.02 bits per heavy atom. The molecule has 1 aromatic carbocycles. The third-order valence-corrected chi connectivity index (χ3v) is 15.8. The summed E-state index contributed by atoms with van der Waals surface area (Å²) in [7, 11) is 0. The summed E-state index contributed by atoms with van der Waals surface area (Å²) < 4.78 is 0. The Labute approximate surface area is 251 Å². The molecule has 0 N–H and O–H groups in total. The number of benzene rings is 1. The Bertz CT molecular complexity index is 1210. The maximum Gasteiger partial charge on any atom is 0.159 e. The fraction of sp³-hybridized carbons (Fsp3) is 0.795. The van der Waals surface area contributed by atoms with Crippen molar-refractivity contribution >= 4 is 11.6 Å². The van der Waals surface area contributed by atoms with Crippen LogP contribution in [0.2, 0.25) is 0 Å². The second-order valence-electron chi connectivity index (χ2n) is 17.4. The maximum atomic E-state index is 13.4. The first-order chi connectivity index (χ1) is 19.1. The van der Waals surface area contributed by atoms with Crippen molar-refractivity contribution in [2.75, 3.05) is 0 Å². The first kappa shape index (κ1) is 29.6. The highest BCUT2D eigenvalue weighted by molar-refractivity contribution is 5.94. The summed E-state index contributed by atoms with van der Waals surface area (Å²) in [6.07, 6.45) is 12.7. The van der Waals surface area contributed by atoms with E-state index in [0.717, 1.165) is 24.3 Å². The molecule has 5 saturated carbocycles. The van der Waals surface area contributed by atoms with Crippen LogP contribution in [0.25, 0.3) is 0 Å². The molecule has 0 aliphatic heterocycles. The number of hydrogen-bond acceptors (Lipinski definition) is 2. The smallest absolute Gasteiger partial charge is 0.159 e. The third-order valence-electron chi connectivity index (χ3n) is 15.8. The summed E-state index contributed by atoms with van der Waals surface area (Å²) in [6, 6.07) is 8.61. The number of fused-ring (bicyclic) bond motifs is 7. The van der Waals surface area contributed by atoms with Crippen LogP contribution in [0.5, 0.6) is 0 Å². The van der Waals surface area contributed by atoms with Gasteiger partial charge in [0, 0.05) is 11.0 Å². The van der Waals surface area contributed by atoms with Gasteiger partial charge in [0.25, 0.3) is 0 Å². The van der Waals surface area contributed by atoms with Crippen LogP contribution in [-0.2, 0) is 4.79 Å². The van der Waals surface area contributed by atoms with Crippen molar-refractivity contribution in [3.8, 4) is 0 Å². The van der Waals surface area contributed by atoms with Crippen molar-refractivity contribution in [3.63, 3.8) is 0 Å². The van der Waals surface area contributed by atoms with Gasteiger partial charge in [0.15, 0.2) is 5.78 Å². The van der Waals surface area contributed by atoms with Crippen LogP contribution < -0.4 is 0 Å². The molecule has 6 rings (SSSR count). The summed E-state index contributed by atoms with van der Waals surface area (Å²) in [4.78, 5) is 25.3. The molecular weight excluding hydrogens is 500 g/mol. The van der Waals surface area contributed by atoms with Gasteiger partial charge in [-0.2, -0.15) is 0 Å². The van der Waals surface area contributed by atoms with E-state index in [9.17, 15) is 9.59 Å². The molecule has 0 radical (unpaired) electrons. The van der Waals surface area contributed by atoms with Crippen LogP contribution in [0.1, 0.15) is 148 Å². The van der Waals surface area contributed by atoms with Gasteiger partial charge < -0.3 is 0 Å². The minimum absolute atomic E-state index is 0.0403.